The van der Waals surface area contributed by atoms with Crippen LogP contribution in [0.3, 0.4) is 0 Å². The molecule has 1 amide bonds. The van der Waals surface area contributed by atoms with E-state index < -0.39 is 0 Å². The average molecular weight is 298 g/mol. The molecule has 0 aliphatic heterocycles. The van der Waals surface area contributed by atoms with E-state index in [0.29, 0.717) is 12.2 Å². The molecule has 1 aromatic carbocycles. The van der Waals surface area contributed by atoms with Crippen LogP contribution in [0.4, 0.5) is 0 Å². The fourth-order valence-electron chi connectivity index (χ4n) is 2.04. The SMILES string of the molecule is CCCCCNC(=O)/C=C/c1cn(Cc2ccccc2)nn1. The maximum atomic E-state index is 11.6. The highest BCUT2D eigenvalue weighted by Gasteiger charge is 2.00. The number of nitrogens with zero attached hydrogens (tertiary/aromatic N) is 3. The van der Waals surface area contributed by atoms with Gasteiger partial charge in [0.1, 0.15) is 5.69 Å². The van der Waals surface area contributed by atoms with Gasteiger partial charge in [0, 0.05) is 12.6 Å². The highest BCUT2D eigenvalue weighted by Crippen LogP contribution is 2.03. The average Bonchev–Trinajstić information content (AvgIpc) is 2.98. The highest BCUT2D eigenvalue weighted by molar-refractivity contribution is 5.91. The molecule has 116 valence electrons. The second kappa shape index (κ2) is 8.77. The van der Waals surface area contributed by atoms with E-state index in [1.165, 1.54) is 6.08 Å². The fraction of sp³-hybridized carbons (Fsp3) is 0.353. The topological polar surface area (TPSA) is 59.8 Å². The molecular weight excluding hydrogens is 276 g/mol. The number of carbonyl (C=O) groups excluding carboxylic acids is 1. The summed E-state index contributed by atoms with van der Waals surface area (Å²) < 4.78 is 1.76. The number of amides is 1. The Balaban J connectivity index is 1.81. The molecule has 0 unspecified atom stereocenters. The zero-order valence-electron chi connectivity index (χ0n) is 12.9. The van der Waals surface area contributed by atoms with Crippen molar-refractivity contribution in [2.45, 2.75) is 32.7 Å². The minimum atomic E-state index is -0.0892. The summed E-state index contributed by atoms with van der Waals surface area (Å²) in [5, 5.41) is 11.0. The smallest absolute Gasteiger partial charge is 0.244 e. The quantitative estimate of drug-likeness (QED) is 0.602. The van der Waals surface area contributed by atoms with Gasteiger partial charge in [-0.15, -0.1) is 5.10 Å². The van der Waals surface area contributed by atoms with Crippen molar-refractivity contribution in [2.24, 2.45) is 0 Å². The molecule has 1 N–H and O–H groups in total. The minimum Gasteiger partial charge on any atom is -0.353 e. The van der Waals surface area contributed by atoms with Crippen LogP contribution in [0.15, 0.2) is 42.6 Å². The van der Waals surface area contributed by atoms with E-state index in [0.717, 1.165) is 31.4 Å². The van der Waals surface area contributed by atoms with Crippen molar-refractivity contribution in [3.8, 4) is 0 Å². The predicted octanol–water partition coefficient (Wildman–Crippen LogP) is 2.65. The molecule has 0 bridgehead atoms. The zero-order chi connectivity index (χ0) is 15.6. The molecule has 22 heavy (non-hydrogen) atoms. The molecular formula is C17H22N4O. The molecule has 0 saturated carbocycles. The first-order chi connectivity index (χ1) is 10.8. The first kappa shape index (κ1) is 15.9. The molecule has 5 heteroatoms. The summed E-state index contributed by atoms with van der Waals surface area (Å²) in [6.45, 7) is 3.53. The first-order valence-electron chi connectivity index (χ1n) is 7.68. The summed E-state index contributed by atoms with van der Waals surface area (Å²) >= 11 is 0. The third-order valence-corrected chi connectivity index (χ3v) is 3.23. The molecule has 0 aliphatic rings. The van der Waals surface area contributed by atoms with Crippen molar-refractivity contribution in [2.75, 3.05) is 6.54 Å². The molecule has 1 heterocycles. The van der Waals surface area contributed by atoms with E-state index in [9.17, 15) is 4.79 Å². The second-order valence-corrected chi connectivity index (χ2v) is 5.16. The van der Waals surface area contributed by atoms with Crippen LogP contribution in [-0.2, 0) is 11.3 Å². The van der Waals surface area contributed by atoms with Gasteiger partial charge in [-0.3, -0.25) is 4.79 Å². The van der Waals surface area contributed by atoms with E-state index >= 15 is 0 Å². The van der Waals surface area contributed by atoms with Gasteiger partial charge in [-0.1, -0.05) is 55.3 Å². The van der Waals surface area contributed by atoms with Crippen LogP contribution in [0.5, 0.6) is 0 Å². The summed E-state index contributed by atoms with van der Waals surface area (Å²) in [6.07, 6.45) is 8.32. The van der Waals surface area contributed by atoms with E-state index in [1.54, 1.807) is 10.8 Å². The Morgan fingerprint density at radius 3 is 2.86 bits per heavy atom. The van der Waals surface area contributed by atoms with Crippen molar-refractivity contribution in [3.05, 3.63) is 53.9 Å². The van der Waals surface area contributed by atoms with E-state index in [4.69, 9.17) is 0 Å². The Bertz CT molecular complexity index is 604. The molecule has 0 spiro atoms. The van der Waals surface area contributed by atoms with Gasteiger partial charge in [0.2, 0.25) is 5.91 Å². The Hall–Kier alpha value is -2.43. The van der Waals surface area contributed by atoms with Crippen molar-refractivity contribution in [1.82, 2.24) is 20.3 Å². The van der Waals surface area contributed by atoms with Crippen LogP contribution < -0.4 is 5.32 Å². The maximum Gasteiger partial charge on any atom is 0.244 e. The fourth-order valence-corrected chi connectivity index (χ4v) is 2.04. The summed E-state index contributed by atoms with van der Waals surface area (Å²) in [7, 11) is 0. The van der Waals surface area contributed by atoms with Gasteiger partial charge in [0.25, 0.3) is 0 Å². The van der Waals surface area contributed by atoms with Crippen LogP contribution >= 0.6 is 0 Å². The van der Waals surface area contributed by atoms with Gasteiger partial charge < -0.3 is 5.32 Å². The number of nitrogens with one attached hydrogen (secondary N) is 1. The predicted molar refractivity (Wildman–Crippen MR) is 87.1 cm³/mol. The highest BCUT2D eigenvalue weighted by atomic mass is 16.1. The molecule has 0 atom stereocenters. The summed E-state index contributed by atoms with van der Waals surface area (Å²) in [6, 6.07) is 10.1. The Morgan fingerprint density at radius 1 is 1.27 bits per heavy atom. The van der Waals surface area contributed by atoms with Gasteiger partial charge >= 0.3 is 0 Å². The number of hydrogen-bond acceptors (Lipinski definition) is 3. The monoisotopic (exact) mass is 298 g/mol. The minimum absolute atomic E-state index is 0.0892. The second-order valence-electron chi connectivity index (χ2n) is 5.16. The van der Waals surface area contributed by atoms with Gasteiger partial charge in [-0.25, -0.2) is 4.68 Å². The lowest BCUT2D eigenvalue weighted by Gasteiger charge is -2.00. The number of hydrogen-bond donors (Lipinski definition) is 1. The van der Waals surface area contributed by atoms with E-state index in [-0.39, 0.29) is 5.91 Å². The third-order valence-electron chi connectivity index (χ3n) is 3.23. The van der Waals surface area contributed by atoms with E-state index in [2.05, 4.69) is 22.6 Å². The van der Waals surface area contributed by atoms with Crippen LogP contribution in [0, 0.1) is 0 Å². The molecule has 0 fully saturated rings. The lowest BCUT2D eigenvalue weighted by molar-refractivity contribution is -0.116. The lowest BCUT2D eigenvalue weighted by atomic mass is 10.2. The summed E-state index contributed by atoms with van der Waals surface area (Å²) in [4.78, 5) is 11.6. The lowest BCUT2D eigenvalue weighted by Crippen LogP contribution is -2.21. The van der Waals surface area contributed by atoms with Crippen LogP contribution in [-0.4, -0.2) is 27.4 Å². The van der Waals surface area contributed by atoms with Gasteiger partial charge in [0.15, 0.2) is 0 Å². The molecule has 5 nitrogen and oxygen atoms in total. The third kappa shape index (κ3) is 5.52. The van der Waals surface area contributed by atoms with Crippen molar-refractivity contribution < 1.29 is 4.79 Å². The number of unbranched alkanes of at least 4 members (excludes halogenated alkanes) is 2. The molecule has 2 rings (SSSR count). The molecule has 2 aromatic rings. The van der Waals surface area contributed by atoms with Gasteiger partial charge in [-0.2, -0.15) is 0 Å². The van der Waals surface area contributed by atoms with Gasteiger partial charge in [-0.05, 0) is 18.1 Å². The largest absolute Gasteiger partial charge is 0.353 e. The molecule has 1 aromatic heterocycles. The molecule has 0 aliphatic carbocycles. The Labute approximate surface area is 131 Å². The van der Waals surface area contributed by atoms with Crippen molar-refractivity contribution >= 4 is 12.0 Å². The Kier molecular flexibility index (Phi) is 6.36. The van der Waals surface area contributed by atoms with Crippen LogP contribution in [0.25, 0.3) is 6.08 Å². The number of aromatic nitrogens is 3. The van der Waals surface area contributed by atoms with Crippen LogP contribution in [0.2, 0.25) is 0 Å². The molecule has 0 saturated heterocycles. The number of benzene rings is 1. The summed E-state index contributed by atoms with van der Waals surface area (Å²) in [5.74, 6) is -0.0892. The first-order valence-corrected chi connectivity index (χ1v) is 7.68. The Morgan fingerprint density at radius 2 is 2.09 bits per heavy atom. The number of rotatable bonds is 8. The molecule has 0 radical (unpaired) electrons. The van der Waals surface area contributed by atoms with E-state index in [1.807, 2.05) is 36.5 Å². The normalized spacial score (nSPS) is 11.0. The van der Waals surface area contributed by atoms with Crippen LogP contribution in [0.1, 0.15) is 37.4 Å². The maximum absolute atomic E-state index is 11.6. The standard InChI is InChI=1S/C17H22N4O/c1-2-3-7-12-18-17(22)11-10-16-14-21(20-19-16)13-15-8-5-4-6-9-15/h4-6,8-11,14H,2-3,7,12-13H2,1H3,(H,18,22)/b11-10+. The van der Waals surface area contributed by atoms with Gasteiger partial charge in [0.05, 0.1) is 12.7 Å². The van der Waals surface area contributed by atoms with Crippen molar-refractivity contribution in [1.29, 1.82) is 0 Å². The number of carbonyl (C=O) groups is 1. The zero-order valence-corrected chi connectivity index (χ0v) is 12.9. The van der Waals surface area contributed by atoms with Crippen molar-refractivity contribution in [3.63, 3.8) is 0 Å². The summed E-state index contributed by atoms with van der Waals surface area (Å²) in [5.41, 5.74) is 1.84.